The van der Waals surface area contributed by atoms with Gasteiger partial charge in [-0.05, 0) is 80.2 Å². The summed E-state index contributed by atoms with van der Waals surface area (Å²) in [6, 6.07) is 7.86. The number of rotatable bonds is 7. The summed E-state index contributed by atoms with van der Waals surface area (Å²) in [6.07, 6.45) is 1.26. The van der Waals surface area contributed by atoms with Gasteiger partial charge in [-0.15, -0.1) is 0 Å². The summed E-state index contributed by atoms with van der Waals surface area (Å²) >= 11 is 0. The van der Waals surface area contributed by atoms with Gasteiger partial charge in [0.2, 0.25) is 5.91 Å². The Morgan fingerprint density at radius 3 is 1.25 bits per heavy atom. The number of aromatic hydroxyl groups is 2. The molecule has 0 spiro atoms. The second-order valence-corrected chi connectivity index (χ2v) is 15.1. The lowest BCUT2D eigenvalue weighted by Crippen LogP contribution is -2.26. The zero-order valence-electron chi connectivity index (χ0n) is 26.8. The van der Waals surface area contributed by atoms with E-state index in [0.717, 1.165) is 33.4 Å². The van der Waals surface area contributed by atoms with Crippen LogP contribution in [0.4, 0.5) is 0 Å². The van der Waals surface area contributed by atoms with Crippen LogP contribution in [-0.4, -0.2) is 22.0 Å². The Kier molecular flexibility index (Phi) is 9.82. The van der Waals surface area contributed by atoms with Crippen molar-refractivity contribution in [3.8, 4) is 11.5 Å². The minimum absolute atomic E-state index is 0.153. The molecule has 0 atom stereocenters. The maximum absolute atomic E-state index is 12.5. The van der Waals surface area contributed by atoms with Crippen LogP contribution < -0.4 is 10.5 Å². The fourth-order valence-electron chi connectivity index (χ4n) is 4.71. The molecule has 0 aromatic heterocycles. The van der Waals surface area contributed by atoms with Crippen molar-refractivity contribution in [3.63, 3.8) is 0 Å². The number of hydrogen-bond donors (Lipinski definition) is 3. The van der Waals surface area contributed by atoms with Crippen molar-refractivity contribution in [3.05, 3.63) is 57.6 Å². The van der Waals surface area contributed by atoms with Gasteiger partial charge in [-0.3, -0.25) is 4.79 Å². The molecular weight excluding hydrogens is 500 g/mol. The van der Waals surface area contributed by atoms with Crippen LogP contribution in [0.15, 0.2) is 29.4 Å². The molecule has 0 aliphatic carbocycles. The van der Waals surface area contributed by atoms with Crippen LogP contribution in [0.25, 0.3) is 0 Å². The van der Waals surface area contributed by atoms with E-state index in [1.165, 1.54) is 0 Å². The maximum Gasteiger partial charge on any atom is 0.240 e. The quantitative estimate of drug-likeness (QED) is 0.204. The third-order valence-electron chi connectivity index (χ3n) is 7.15. The summed E-state index contributed by atoms with van der Waals surface area (Å²) in [7, 11) is 0. The molecule has 0 fully saturated rings. The average molecular weight is 552 g/mol. The zero-order valence-corrected chi connectivity index (χ0v) is 26.8. The first-order valence-corrected chi connectivity index (χ1v) is 14.3. The molecule has 6 nitrogen and oxygen atoms in total. The van der Waals surface area contributed by atoms with E-state index < -0.39 is 5.90 Å². The van der Waals surface area contributed by atoms with Crippen LogP contribution >= 0.6 is 0 Å². The second kappa shape index (κ2) is 11.8. The summed E-state index contributed by atoms with van der Waals surface area (Å²) < 4.78 is 0. The number of phenols is 2. The molecular formula is C34H51N2O4-. The van der Waals surface area contributed by atoms with Crippen molar-refractivity contribution in [2.75, 3.05) is 0 Å². The predicted molar refractivity (Wildman–Crippen MR) is 163 cm³/mol. The smallest absolute Gasteiger partial charge is 0.240 e. The highest BCUT2D eigenvalue weighted by Gasteiger charge is 2.27. The van der Waals surface area contributed by atoms with Gasteiger partial charge in [-0.1, -0.05) is 107 Å². The Morgan fingerprint density at radius 1 is 0.650 bits per heavy atom. The van der Waals surface area contributed by atoms with Crippen molar-refractivity contribution in [1.82, 2.24) is 5.43 Å². The van der Waals surface area contributed by atoms with E-state index in [9.17, 15) is 20.1 Å². The average Bonchev–Trinajstić information content (AvgIpc) is 2.78. The Labute approximate surface area is 241 Å². The third-order valence-corrected chi connectivity index (χ3v) is 7.15. The van der Waals surface area contributed by atoms with Gasteiger partial charge in [0.05, 0.1) is 0 Å². The molecule has 0 radical (unpaired) electrons. The van der Waals surface area contributed by atoms with Crippen molar-refractivity contribution in [2.24, 2.45) is 5.10 Å². The van der Waals surface area contributed by atoms with Crippen LogP contribution in [0, 0.1) is 0 Å². The van der Waals surface area contributed by atoms with Crippen molar-refractivity contribution >= 4 is 11.8 Å². The molecule has 0 heterocycles. The summed E-state index contributed by atoms with van der Waals surface area (Å²) in [4.78, 5) is 12.5. The van der Waals surface area contributed by atoms with Gasteiger partial charge in [0, 0.05) is 6.42 Å². The van der Waals surface area contributed by atoms with Crippen molar-refractivity contribution < 1.29 is 20.1 Å². The predicted octanol–water partition coefficient (Wildman–Crippen LogP) is 6.64. The monoisotopic (exact) mass is 551 g/mol. The van der Waals surface area contributed by atoms with Gasteiger partial charge in [0.15, 0.2) is 0 Å². The molecule has 0 saturated heterocycles. The number of aryl methyl sites for hydroxylation is 2. The minimum Gasteiger partial charge on any atom is -0.860 e. The number of phenolic OH excluding ortho intramolecular Hbond substituents is 2. The van der Waals surface area contributed by atoms with E-state index in [0.29, 0.717) is 24.3 Å². The summed E-state index contributed by atoms with van der Waals surface area (Å²) in [6.45, 7) is 24.7. The van der Waals surface area contributed by atoms with E-state index in [1.54, 1.807) is 0 Å². The Bertz CT molecular complexity index is 1180. The summed E-state index contributed by atoms with van der Waals surface area (Å²) in [5.41, 5.74) is 6.76. The van der Waals surface area contributed by atoms with Crippen LogP contribution in [0.3, 0.4) is 0 Å². The number of carbonyl (C=O) groups excluding carboxylic acids is 1. The third kappa shape index (κ3) is 8.74. The highest BCUT2D eigenvalue weighted by atomic mass is 16.3. The number of hydrazone groups is 1. The summed E-state index contributed by atoms with van der Waals surface area (Å²) in [5, 5.41) is 38.2. The van der Waals surface area contributed by atoms with Gasteiger partial charge in [0.1, 0.15) is 11.5 Å². The van der Waals surface area contributed by atoms with Gasteiger partial charge in [-0.2, -0.15) is 5.10 Å². The first kappa shape index (κ1) is 33.2. The van der Waals surface area contributed by atoms with Gasteiger partial charge >= 0.3 is 0 Å². The lowest BCUT2D eigenvalue weighted by Gasteiger charge is -2.28. The van der Waals surface area contributed by atoms with Crippen LogP contribution in [0.5, 0.6) is 11.5 Å². The maximum atomic E-state index is 12.5. The van der Waals surface area contributed by atoms with Gasteiger partial charge in [0.25, 0.3) is 0 Å². The SMILES string of the molecule is CC(C)(C)c1cc(CCC(=O)NN=C([O-])CCc2cc(C(C)(C)C)c(O)c(C(C)(C)C)c2)cc(C(C)(C)C)c1O. The molecule has 40 heavy (non-hydrogen) atoms. The largest absolute Gasteiger partial charge is 0.860 e. The zero-order chi connectivity index (χ0) is 30.8. The molecule has 1 amide bonds. The summed E-state index contributed by atoms with van der Waals surface area (Å²) in [5.74, 6) is -0.104. The highest BCUT2D eigenvalue weighted by Crippen LogP contribution is 2.41. The van der Waals surface area contributed by atoms with Gasteiger partial charge < -0.3 is 15.3 Å². The standard InChI is InChI=1S/C34H52N2O4/c1-31(2,3)23-17-21(18-24(29(23)39)32(4,5)6)13-15-27(37)35-36-28(38)16-14-22-19-25(33(7,8)9)30(40)26(20-22)34(10,11)12/h17-20,39-40H,13-16H2,1-12H3,(H,35,37)(H,36,38)/p-1. The lowest BCUT2D eigenvalue weighted by atomic mass is 9.78. The van der Waals surface area contributed by atoms with E-state index in [4.69, 9.17) is 0 Å². The number of amides is 1. The first-order valence-electron chi connectivity index (χ1n) is 14.3. The molecule has 0 unspecified atom stereocenters. The molecule has 6 heteroatoms. The molecule has 222 valence electrons. The molecule has 0 aliphatic heterocycles. The van der Waals surface area contributed by atoms with Crippen molar-refractivity contribution in [2.45, 2.75) is 130 Å². The van der Waals surface area contributed by atoms with Crippen LogP contribution in [0.1, 0.15) is 129 Å². The number of carbonyl (C=O) groups is 1. The van der Waals surface area contributed by atoms with Crippen LogP contribution in [0.2, 0.25) is 0 Å². The first-order chi connectivity index (χ1) is 18.0. The Hall–Kier alpha value is -3.02. The lowest BCUT2D eigenvalue weighted by molar-refractivity contribution is -0.219. The number of nitrogens with zero attached hydrogens (tertiary/aromatic N) is 1. The molecule has 0 saturated carbocycles. The molecule has 2 aromatic carbocycles. The molecule has 0 aliphatic rings. The Morgan fingerprint density at radius 2 is 0.950 bits per heavy atom. The van der Waals surface area contributed by atoms with Crippen LogP contribution in [-0.2, 0) is 39.3 Å². The molecule has 2 rings (SSSR count). The molecule has 3 N–H and O–H groups in total. The fraction of sp³-hybridized carbons (Fsp3) is 0.588. The topological polar surface area (TPSA) is 105 Å². The molecule has 2 aromatic rings. The number of benzene rings is 2. The van der Waals surface area contributed by atoms with E-state index in [-0.39, 0.29) is 40.4 Å². The van der Waals surface area contributed by atoms with Gasteiger partial charge in [-0.25, -0.2) is 5.43 Å². The molecule has 0 bridgehead atoms. The highest BCUT2D eigenvalue weighted by molar-refractivity contribution is 5.79. The van der Waals surface area contributed by atoms with E-state index >= 15 is 0 Å². The van der Waals surface area contributed by atoms with Crippen molar-refractivity contribution in [1.29, 1.82) is 0 Å². The number of nitrogens with one attached hydrogen (secondary N) is 1. The number of hydrogen-bond acceptors (Lipinski definition) is 5. The van der Waals surface area contributed by atoms with E-state index in [1.807, 2.05) is 24.3 Å². The Balaban J connectivity index is 2.11. The normalized spacial score (nSPS) is 13.4. The fourth-order valence-corrected chi connectivity index (χ4v) is 4.71. The van der Waals surface area contributed by atoms with E-state index in [2.05, 4.69) is 93.6 Å². The second-order valence-electron chi connectivity index (χ2n) is 15.1. The minimum atomic E-state index is -0.397.